The van der Waals surface area contributed by atoms with Gasteiger partial charge in [0.25, 0.3) is 0 Å². The molecule has 1 amide bonds. The van der Waals surface area contributed by atoms with E-state index in [1.165, 1.54) is 6.42 Å². The summed E-state index contributed by atoms with van der Waals surface area (Å²) in [5.41, 5.74) is -0.202. The van der Waals surface area contributed by atoms with E-state index < -0.39 is 5.60 Å². The van der Waals surface area contributed by atoms with E-state index in [1.54, 1.807) is 12.4 Å². The van der Waals surface area contributed by atoms with Gasteiger partial charge < -0.3 is 10.0 Å². The molecular weight excluding hydrogens is 362 g/mol. The van der Waals surface area contributed by atoms with Crippen LogP contribution in [-0.2, 0) is 10.4 Å². The highest BCUT2D eigenvalue weighted by Gasteiger charge is 2.60. The summed E-state index contributed by atoms with van der Waals surface area (Å²) in [6.45, 7) is 9.08. The molecule has 5 nitrogen and oxygen atoms in total. The third-order valence-corrected chi connectivity index (χ3v) is 7.92. The molecule has 0 radical (unpaired) electrons. The average Bonchev–Trinajstić information content (AvgIpc) is 3.28. The first-order valence-electron chi connectivity index (χ1n) is 11.6. The Bertz CT molecular complexity index is 714. The van der Waals surface area contributed by atoms with Crippen LogP contribution in [0.1, 0.15) is 71.3 Å². The van der Waals surface area contributed by atoms with Gasteiger partial charge in [-0.1, -0.05) is 26.8 Å². The van der Waals surface area contributed by atoms with E-state index in [0.29, 0.717) is 49.8 Å². The summed E-state index contributed by atoms with van der Waals surface area (Å²) < 4.78 is 0. The number of aromatic nitrogens is 1. The molecule has 3 atom stereocenters. The Morgan fingerprint density at radius 3 is 2.66 bits per heavy atom. The third-order valence-electron chi connectivity index (χ3n) is 7.92. The number of amides is 1. The van der Waals surface area contributed by atoms with Gasteiger partial charge in [0.15, 0.2) is 0 Å². The van der Waals surface area contributed by atoms with Crippen LogP contribution in [0.15, 0.2) is 24.5 Å². The second-order valence-corrected chi connectivity index (χ2v) is 9.94. The van der Waals surface area contributed by atoms with Crippen LogP contribution in [0.4, 0.5) is 0 Å². The van der Waals surface area contributed by atoms with E-state index in [9.17, 15) is 9.90 Å². The van der Waals surface area contributed by atoms with E-state index in [-0.39, 0.29) is 5.41 Å². The summed E-state index contributed by atoms with van der Waals surface area (Å²) in [6, 6.07) is 4.81. The first-order chi connectivity index (χ1) is 13.9. The lowest BCUT2D eigenvalue weighted by Gasteiger charge is -2.44. The highest BCUT2D eigenvalue weighted by atomic mass is 16.3. The van der Waals surface area contributed by atoms with Gasteiger partial charge in [-0.25, -0.2) is 0 Å². The zero-order valence-electron chi connectivity index (χ0n) is 18.3. The fourth-order valence-electron chi connectivity index (χ4n) is 6.26. The maximum atomic E-state index is 13.9. The summed E-state index contributed by atoms with van der Waals surface area (Å²) in [5, 5.41) is 11.1. The molecule has 3 saturated heterocycles. The second-order valence-electron chi connectivity index (χ2n) is 9.94. The van der Waals surface area contributed by atoms with E-state index >= 15 is 0 Å². The highest BCUT2D eigenvalue weighted by molar-refractivity contribution is 5.84. The molecule has 1 aromatic rings. The van der Waals surface area contributed by atoms with Crippen molar-refractivity contribution in [1.29, 1.82) is 0 Å². The van der Waals surface area contributed by atoms with Crippen molar-refractivity contribution in [2.75, 3.05) is 19.6 Å². The van der Waals surface area contributed by atoms with Gasteiger partial charge in [0, 0.05) is 43.1 Å². The van der Waals surface area contributed by atoms with E-state index in [4.69, 9.17) is 0 Å². The number of nitrogens with zero attached hydrogens (tertiary/aromatic N) is 3. The number of pyridine rings is 1. The SMILES string of the molecule is CCN1[C@@H]2CC[C@H]1[C@@](CCC(C)C)(C(=O)N1CCC(O)(c3cccnc3)CC1)C2. The molecule has 0 spiro atoms. The molecule has 160 valence electrons. The van der Waals surface area contributed by atoms with Gasteiger partial charge in [0.05, 0.1) is 11.0 Å². The van der Waals surface area contributed by atoms with Gasteiger partial charge >= 0.3 is 0 Å². The Hall–Kier alpha value is -1.46. The van der Waals surface area contributed by atoms with Crippen molar-refractivity contribution in [2.24, 2.45) is 11.3 Å². The first kappa shape index (κ1) is 20.8. The smallest absolute Gasteiger partial charge is 0.230 e. The first-order valence-corrected chi connectivity index (χ1v) is 11.6. The Kier molecular flexibility index (Phi) is 5.73. The molecule has 4 rings (SSSR count). The number of carbonyl (C=O) groups excluding carboxylic acids is 1. The maximum Gasteiger partial charge on any atom is 0.230 e. The topological polar surface area (TPSA) is 56.7 Å². The number of hydrogen-bond donors (Lipinski definition) is 1. The molecule has 0 aliphatic carbocycles. The van der Waals surface area contributed by atoms with Crippen molar-refractivity contribution in [3.63, 3.8) is 0 Å². The van der Waals surface area contributed by atoms with Crippen LogP contribution in [0.3, 0.4) is 0 Å². The fourth-order valence-corrected chi connectivity index (χ4v) is 6.26. The predicted molar refractivity (Wildman–Crippen MR) is 114 cm³/mol. The van der Waals surface area contributed by atoms with Crippen molar-refractivity contribution in [3.05, 3.63) is 30.1 Å². The minimum Gasteiger partial charge on any atom is -0.385 e. The van der Waals surface area contributed by atoms with Gasteiger partial charge in [0.2, 0.25) is 5.91 Å². The van der Waals surface area contributed by atoms with Gasteiger partial charge in [-0.3, -0.25) is 14.7 Å². The minimum atomic E-state index is -0.861. The number of carbonyl (C=O) groups is 1. The van der Waals surface area contributed by atoms with Crippen molar-refractivity contribution < 1.29 is 9.90 Å². The fraction of sp³-hybridized carbons (Fsp3) is 0.750. The number of aliphatic hydroxyl groups is 1. The van der Waals surface area contributed by atoms with Crippen LogP contribution in [0.5, 0.6) is 0 Å². The molecule has 3 aliphatic heterocycles. The second kappa shape index (κ2) is 7.99. The lowest BCUT2D eigenvalue weighted by atomic mass is 9.68. The molecule has 0 saturated carbocycles. The van der Waals surface area contributed by atoms with E-state index in [1.807, 2.05) is 12.1 Å². The third kappa shape index (κ3) is 3.61. The van der Waals surface area contributed by atoms with Gasteiger partial charge in [-0.15, -0.1) is 0 Å². The molecule has 5 heteroatoms. The monoisotopic (exact) mass is 399 g/mol. The van der Waals surface area contributed by atoms with Crippen LogP contribution in [0.25, 0.3) is 0 Å². The van der Waals surface area contributed by atoms with Crippen molar-refractivity contribution in [2.45, 2.75) is 83.4 Å². The van der Waals surface area contributed by atoms with E-state index in [2.05, 4.69) is 35.6 Å². The minimum absolute atomic E-state index is 0.215. The van der Waals surface area contributed by atoms with Crippen LogP contribution in [0, 0.1) is 11.3 Å². The average molecular weight is 400 g/mol. The van der Waals surface area contributed by atoms with Crippen LogP contribution < -0.4 is 0 Å². The Labute approximate surface area is 175 Å². The summed E-state index contributed by atoms with van der Waals surface area (Å²) in [6.07, 6.45) is 10.2. The Morgan fingerprint density at radius 1 is 1.31 bits per heavy atom. The Balaban J connectivity index is 1.51. The van der Waals surface area contributed by atoms with Crippen LogP contribution in [0.2, 0.25) is 0 Å². The van der Waals surface area contributed by atoms with Gasteiger partial charge in [-0.05, 0) is 63.5 Å². The largest absolute Gasteiger partial charge is 0.385 e. The summed E-state index contributed by atoms with van der Waals surface area (Å²) in [5.74, 6) is 0.975. The number of hydrogen-bond acceptors (Lipinski definition) is 4. The molecule has 3 fully saturated rings. The zero-order chi connectivity index (χ0) is 20.6. The Morgan fingerprint density at radius 2 is 2.07 bits per heavy atom. The molecule has 3 aliphatic rings. The van der Waals surface area contributed by atoms with E-state index in [0.717, 1.165) is 37.8 Å². The molecule has 0 aromatic carbocycles. The summed E-state index contributed by atoms with van der Waals surface area (Å²) >= 11 is 0. The highest BCUT2D eigenvalue weighted by Crippen LogP contribution is 2.53. The normalized spacial score (nSPS) is 31.6. The quantitative estimate of drug-likeness (QED) is 0.794. The lowest BCUT2D eigenvalue weighted by molar-refractivity contribution is -0.149. The van der Waals surface area contributed by atoms with Crippen molar-refractivity contribution in [3.8, 4) is 0 Å². The number of likely N-dealkylation sites (tertiary alicyclic amines) is 1. The predicted octanol–water partition coefficient (Wildman–Crippen LogP) is 3.57. The molecule has 1 N–H and O–H groups in total. The molecule has 2 bridgehead atoms. The molecule has 4 heterocycles. The number of rotatable bonds is 6. The molecule has 1 aromatic heterocycles. The van der Waals surface area contributed by atoms with Crippen LogP contribution in [-0.4, -0.2) is 57.5 Å². The van der Waals surface area contributed by atoms with Crippen molar-refractivity contribution in [1.82, 2.24) is 14.8 Å². The summed E-state index contributed by atoms with van der Waals surface area (Å²) in [7, 11) is 0. The summed E-state index contributed by atoms with van der Waals surface area (Å²) in [4.78, 5) is 22.8. The molecular formula is C24H37N3O2. The molecule has 0 unspecified atom stereocenters. The number of piperidine rings is 1. The number of fused-ring (bicyclic) bond motifs is 2. The lowest BCUT2D eigenvalue weighted by Crippen LogP contribution is -2.54. The van der Waals surface area contributed by atoms with Gasteiger partial charge in [0.1, 0.15) is 0 Å². The van der Waals surface area contributed by atoms with Crippen molar-refractivity contribution >= 4 is 5.91 Å². The zero-order valence-corrected chi connectivity index (χ0v) is 18.3. The van der Waals surface area contributed by atoms with Crippen LogP contribution >= 0.6 is 0 Å². The maximum absolute atomic E-state index is 13.9. The van der Waals surface area contributed by atoms with Gasteiger partial charge in [-0.2, -0.15) is 0 Å². The standard InChI is InChI=1S/C24H37N3O2/c1-4-27-20-7-8-21(27)23(16-20,10-9-18(2)3)22(28)26-14-11-24(29,12-15-26)19-6-5-13-25-17-19/h5-6,13,17-18,20-21,29H,4,7-12,14-16H2,1-3H3/t20-,21+,23+/m1/s1. The molecule has 29 heavy (non-hydrogen) atoms.